The van der Waals surface area contributed by atoms with E-state index >= 15 is 0 Å². The van der Waals surface area contributed by atoms with Gasteiger partial charge in [-0.1, -0.05) is 6.92 Å². The van der Waals surface area contributed by atoms with Crippen LogP contribution in [0.5, 0.6) is 0 Å². The van der Waals surface area contributed by atoms with Gasteiger partial charge in [-0.2, -0.15) is 11.8 Å². The average Bonchev–Trinajstić information content (AvgIpc) is 2.30. The highest BCUT2D eigenvalue weighted by atomic mass is 32.2. The van der Waals surface area contributed by atoms with Crippen LogP contribution in [-0.2, 0) is 0 Å². The largest absolute Gasteiger partial charge is 0.329 e. The van der Waals surface area contributed by atoms with E-state index in [-0.39, 0.29) is 0 Å². The van der Waals surface area contributed by atoms with Crippen molar-refractivity contribution < 1.29 is 0 Å². The summed E-state index contributed by atoms with van der Waals surface area (Å²) in [5.41, 5.74) is 6.35. The highest BCUT2D eigenvalue weighted by Crippen LogP contribution is 2.38. The predicted molar refractivity (Wildman–Crippen MR) is 63.7 cm³/mol. The minimum absolute atomic E-state index is 0.402. The van der Waals surface area contributed by atoms with Crippen molar-refractivity contribution in [3.63, 3.8) is 0 Å². The maximum atomic E-state index is 5.95. The van der Waals surface area contributed by atoms with Gasteiger partial charge in [-0.3, -0.25) is 4.90 Å². The van der Waals surface area contributed by atoms with Crippen molar-refractivity contribution in [3.05, 3.63) is 0 Å². The van der Waals surface area contributed by atoms with Crippen molar-refractivity contribution in [3.8, 4) is 0 Å². The molecule has 82 valence electrons. The molecule has 2 rings (SSSR count). The van der Waals surface area contributed by atoms with Crippen molar-refractivity contribution in [1.29, 1.82) is 0 Å². The zero-order valence-corrected chi connectivity index (χ0v) is 9.98. The van der Waals surface area contributed by atoms with Crippen molar-refractivity contribution in [2.45, 2.75) is 31.7 Å². The fourth-order valence-electron chi connectivity index (χ4n) is 2.64. The molecule has 0 bridgehead atoms. The van der Waals surface area contributed by atoms with Gasteiger partial charge in [-0.25, -0.2) is 0 Å². The summed E-state index contributed by atoms with van der Waals surface area (Å²) in [4.78, 5) is 2.68. The van der Waals surface area contributed by atoms with Crippen LogP contribution in [0.15, 0.2) is 0 Å². The normalized spacial score (nSPS) is 33.4. The van der Waals surface area contributed by atoms with E-state index in [9.17, 15) is 0 Å². The first-order valence-corrected chi connectivity index (χ1v) is 6.95. The molecule has 1 saturated heterocycles. The molecular weight excluding hydrogens is 192 g/mol. The molecule has 0 aromatic carbocycles. The topological polar surface area (TPSA) is 29.3 Å². The van der Waals surface area contributed by atoms with Gasteiger partial charge in [-0.15, -0.1) is 0 Å². The lowest BCUT2D eigenvalue weighted by Crippen LogP contribution is -2.59. The number of thioether (sulfide) groups is 1. The Bertz CT molecular complexity index is 186. The molecule has 1 aliphatic heterocycles. The molecule has 0 aromatic heterocycles. The Morgan fingerprint density at radius 1 is 1.50 bits per heavy atom. The van der Waals surface area contributed by atoms with Crippen LogP contribution < -0.4 is 5.73 Å². The molecule has 1 atom stereocenters. The summed E-state index contributed by atoms with van der Waals surface area (Å²) in [5, 5.41) is 0. The van der Waals surface area contributed by atoms with Crippen LogP contribution in [0.1, 0.15) is 26.2 Å². The maximum Gasteiger partial charge on any atom is 0.0332 e. The lowest BCUT2D eigenvalue weighted by atomic mass is 9.75. The van der Waals surface area contributed by atoms with Crippen molar-refractivity contribution in [1.82, 2.24) is 4.90 Å². The zero-order chi connectivity index (χ0) is 10.0. The summed E-state index contributed by atoms with van der Waals surface area (Å²) in [5.74, 6) is 3.47. The highest BCUT2D eigenvalue weighted by molar-refractivity contribution is 7.99. The Morgan fingerprint density at radius 2 is 2.29 bits per heavy atom. The van der Waals surface area contributed by atoms with Crippen LogP contribution in [0.2, 0.25) is 0 Å². The van der Waals surface area contributed by atoms with Gasteiger partial charge in [0.2, 0.25) is 0 Å². The number of nitrogens with zero attached hydrogens (tertiary/aromatic N) is 1. The molecule has 1 heterocycles. The monoisotopic (exact) mass is 214 g/mol. The second kappa shape index (κ2) is 4.42. The molecule has 14 heavy (non-hydrogen) atoms. The van der Waals surface area contributed by atoms with Gasteiger partial charge in [0.1, 0.15) is 0 Å². The van der Waals surface area contributed by atoms with Gasteiger partial charge in [0, 0.05) is 30.9 Å². The molecule has 2 nitrogen and oxygen atoms in total. The van der Waals surface area contributed by atoms with Gasteiger partial charge in [0.05, 0.1) is 0 Å². The molecule has 1 aliphatic carbocycles. The van der Waals surface area contributed by atoms with E-state index in [4.69, 9.17) is 5.73 Å². The van der Waals surface area contributed by atoms with E-state index < -0.39 is 0 Å². The summed E-state index contributed by atoms with van der Waals surface area (Å²) in [6.45, 7) is 5.76. The Kier molecular flexibility index (Phi) is 3.40. The molecule has 1 saturated carbocycles. The van der Waals surface area contributed by atoms with Crippen LogP contribution in [0.3, 0.4) is 0 Å². The third kappa shape index (κ3) is 1.95. The van der Waals surface area contributed by atoms with Gasteiger partial charge < -0.3 is 5.73 Å². The van der Waals surface area contributed by atoms with Gasteiger partial charge in [-0.05, 0) is 30.9 Å². The van der Waals surface area contributed by atoms with Crippen LogP contribution in [0.4, 0.5) is 0 Å². The molecule has 0 spiro atoms. The minimum atomic E-state index is 0.402. The Balaban J connectivity index is 2.00. The van der Waals surface area contributed by atoms with Gasteiger partial charge in [0.15, 0.2) is 0 Å². The number of rotatable bonds is 2. The third-order valence-corrected chi connectivity index (χ3v) is 5.05. The van der Waals surface area contributed by atoms with Crippen LogP contribution in [0.25, 0.3) is 0 Å². The molecule has 0 radical (unpaired) electrons. The summed E-state index contributed by atoms with van der Waals surface area (Å²) in [6.07, 6.45) is 4.05. The Labute approximate surface area is 91.6 Å². The fourth-order valence-corrected chi connectivity index (χ4v) is 3.67. The second-order valence-electron chi connectivity index (χ2n) is 4.91. The SMILES string of the molecule is CC1CSCCN(C2(CN)CCC2)C1. The lowest BCUT2D eigenvalue weighted by Gasteiger charge is -2.50. The molecule has 2 N–H and O–H groups in total. The van der Waals surface area contributed by atoms with Crippen molar-refractivity contribution in [2.24, 2.45) is 11.7 Å². The zero-order valence-electron chi connectivity index (χ0n) is 9.17. The molecular formula is C11H22N2S. The second-order valence-corrected chi connectivity index (χ2v) is 6.06. The van der Waals surface area contributed by atoms with E-state index in [1.54, 1.807) is 0 Å². The van der Waals surface area contributed by atoms with Crippen LogP contribution in [0, 0.1) is 5.92 Å². The lowest BCUT2D eigenvalue weighted by molar-refractivity contribution is 0.0217. The number of hydrogen-bond acceptors (Lipinski definition) is 3. The predicted octanol–water partition coefficient (Wildman–Crippen LogP) is 1.55. The summed E-state index contributed by atoms with van der Waals surface area (Å²) >= 11 is 2.11. The van der Waals surface area contributed by atoms with Crippen LogP contribution >= 0.6 is 11.8 Å². The first-order chi connectivity index (χ1) is 6.77. The molecule has 0 amide bonds. The van der Waals surface area contributed by atoms with E-state index in [1.165, 1.54) is 43.9 Å². The van der Waals surface area contributed by atoms with E-state index in [0.29, 0.717) is 5.54 Å². The molecule has 3 heteroatoms. The highest BCUT2D eigenvalue weighted by Gasteiger charge is 2.41. The summed E-state index contributed by atoms with van der Waals surface area (Å²) in [6, 6.07) is 0. The van der Waals surface area contributed by atoms with E-state index in [2.05, 4.69) is 23.6 Å². The standard InChI is InChI=1S/C11H22N2S/c1-10-7-13(5-6-14-8-10)11(9-12)3-2-4-11/h10H,2-9,12H2,1H3. The summed E-state index contributed by atoms with van der Waals surface area (Å²) in [7, 11) is 0. The minimum Gasteiger partial charge on any atom is -0.329 e. The van der Waals surface area contributed by atoms with Crippen LogP contribution in [-0.4, -0.2) is 41.6 Å². The third-order valence-electron chi connectivity index (χ3n) is 3.78. The Morgan fingerprint density at radius 3 is 2.86 bits per heavy atom. The number of hydrogen-bond donors (Lipinski definition) is 1. The van der Waals surface area contributed by atoms with Crippen molar-refractivity contribution in [2.75, 3.05) is 31.1 Å². The molecule has 2 aliphatic rings. The van der Waals surface area contributed by atoms with E-state index in [0.717, 1.165) is 12.5 Å². The fraction of sp³-hybridized carbons (Fsp3) is 1.00. The first-order valence-electron chi connectivity index (χ1n) is 5.80. The molecule has 2 fully saturated rings. The number of nitrogens with two attached hydrogens (primary N) is 1. The quantitative estimate of drug-likeness (QED) is 0.756. The average molecular weight is 214 g/mol. The van der Waals surface area contributed by atoms with Crippen molar-refractivity contribution >= 4 is 11.8 Å². The first kappa shape index (κ1) is 10.8. The van der Waals surface area contributed by atoms with E-state index in [1.807, 2.05) is 0 Å². The summed E-state index contributed by atoms with van der Waals surface area (Å²) < 4.78 is 0. The van der Waals surface area contributed by atoms with Gasteiger partial charge in [0.25, 0.3) is 0 Å². The molecule has 0 aromatic rings. The smallest absolute Gasteiger partial charge is 0.0332 e. The Hall–Kier alpha value is 0.270. The maximum absolute atomic E-state index is 5.95. The van der Waals surface area contributed by atoms with Gasteiger partial charge >= 0.3 is 0 Å². The molecule has 1 unspecified atom stereocenters.